The van der Waals surface area contributed by atoms with Crippen LogP contribution in [0.2, 0.25) is 0 Å². The Bertz CT molecular complexity index is 1010. The van der Waals surface area contributed by atoms with Crippen LogP contribution in [0.15, 0.2) is 78.9 Å². The number of benzene rings is 3. The molecule has 0 aliphatic heterocycles. The second-order valence-electron chi connectivity index (χ2n) is 6.01. The number of hydrogen-bond donors (Lipinski definition) is 0. The van der Waals surface area contributed by atoms with Crippen molar-refractivity contribution in [3.63, 3.8) is 0 Å². The predicted molar refractivity (Wildman–Crippen MR) is 103 cm³/mol. The Hall–Kier alpha value is -3.73. The average molecular weight is 374 g/mol. The molecule has 3 aromatic carbocycles. The van der Waals surface area contributed by atoms with Crippen molar-refractivity contribution in [3.8, 4) is 0 Å². The highest BCUT2D eigenvalue weighted by molar-refractivity contribution is 6.14. The van der Waals surface area contributed by atoms with Crippen LogP contribution in [0.25, 0.3) is 0 Å². The molecule has 0 radical (unpaired) electrons. The number of ether oxygens (including phenoxy) is 2. The molecule has 0 aliphatic rings. The molecule has 0 atom stereocenters. The van der Waals surface area contributed by atoms with Gasteiger partial charge in [0.05, 0.1) is 18.2 Å². The van der Waals surface area contributed by atoms with Gasteiger partial charge < -0.3 is 9.47 Å². The van der Waals surface area contributed by atoms with Crippen LogP contribution in [0.1, 0.15) is 42.2 Å². The first-order valence-electron chi connectivity index (χ1n) is 8.63. The van der Waals surface area contributed by atoms with Crippen LogP contribution in [0.3, 0.4) is 0 Å². The molecule has 0 spiro atoms. The first kappa shape index (κ1) is 19.0. The van der Waals surface area contributed by atoms with Gasteiger partial charge in [0.25, 0.3) is 0 Å². The van der Waals surface area contributed by atoms with E-state index in [9.17, 15) is 14.4 Å². The lowest BCUT2D eigenvalue weighted by Crippen LogP contribution is -2.13. The van der Waals surface area contributed by atoms with Crippen molar-refractivity contribution < 1.29 is 23.9 Å². The fourth-order valence-electron chi connectivity index (χ4n) is 2.74. The van der Waals surface area contributed by atoms with Crippen LogP contribution in [-0.2, 0) is 16.1 Å². The van der Waals surface area contributed by atoms with Crippen LogP contribution in [0, 0.1) is 0 Å². The molecular formula is C23H18O5. The molecule has 0 heterocycles. The summed E-state index contributed by atoms with van der Waals surface area (Å²) in [5.41, 5.74) is 1.98. The monoisotopic (exact) mass is 374 g/mol. The summed E-state index contributed by atoms with van der Waals surface area (Å²) in [6, 6.07) is 21.9. The van der Waals surface area contributed by atoms with E-state index in [2.05, 4.69) is 4.74 Å². The van der Waals surface area contributed by atoms with Gasteiger partial charge in [0.1, 0.15) is 6.61 Å². The Morgan fingerprint density at radius 2 is 1.36 bits per heavy atom. The molecule has 0 aliphatic carbocycles. The third-order valence-electron chi connectivity index (χ3n) is 4.15. The zero-order valence-electron chi connectivity index (χ0n) is 15.3. The number of hydrogen-bond acceptors (Lipinski definition) is 5. The van der Waals surface area contributed by atoms with E-state index >= 15 is 0 Å². The first-order chi connectivity index (χ1) is 13.6. The minimum Gasteiger partial charge on any atom is -0.465 e. The quantitative estimate of drug-likeness (QED) is 0.481. The minimum absolute atomic E-state index is 0.0302. The number of methoxy groups -OCH3 is 1. The number of carbonyl (C=O) groups is 3. The molecule has 28 heavy (non-hydrogen) atoms. The summed E-state index contributed by atoms with van der Waals surface area (Å²) in [6.07, 6.45) is 0. The van der Waals surface area contributed by atoms with Gasteiger partial charge in [0.2, 0.25) is 0 Å². The van der Waals surface area contributed by atoms with Crippen molar-refractivity contribution in [2.45, 2.75) is 6.61 Å². The lowest BCUT2D eigenvalue weighted by Gasteiger charge is -2.10. The lowest BCUT2D eigenvalue weighted by atomic mass is 9.98. The predicted octanol–water partition coefficient (Wildman–Crippen LogP) is 4.06. The summed E-state index contributed by atoms with van der Waals surface area (Å²) >= 11 is 0. The zero-order valence-corrected chi connectivity index (χ0v) is 15.3. The van der Waals surface area contributed by atoms with E-state index in [0.717, 1.165) is 0 Å². The topological polar surface area (TPSA) is 69.7 Å². The normalized spacial score (nSPS) is 10.2. The molecule has 0 bridgehead atoms. The van der Waals surface area contributed by atoms with E-state index in [1.54, 1.807) is 72.8 Å². The van der Waals surface area contributed by atoms with Crippen molar-refractivity contribution in [1.82, 2.24) is 0 Å². The van der Waals surface area contributed by atoms with Gasteiger partial charge in [-0.2, -0.15) is 0 Å². The van der Waals surface area contributed by atoms with Gasteiger partial charge in [-0.3, -0.25) is 4.79 Å². The van der Waals surface area contributed by atoms with E-state index in [1.165, 1.54) is 7.11 Å². The molecule has 140 valence electrons. The van der Waals surface area contributed by atoms with Gasteiger partial charge in [-0.15, -0.1) is 0 Å². The third-order valence-corrected chi connectivity index (χ3v) is 4.15. The van der Waals surface area contributed by atoms with Crippen LogP contribution in [-0.4, -0.2) is 24.8 Å². The number of carbonyl (C=O) groups excluding carboxylic acids is 3. The van der Waals surface area contributed by atoms with E-state index in [1.807, 2.05) is 6.07 Å². The summed E-state index contributed by atoms with van der Waals surface area (Å²) in [7, 11) is 1.30. The van der Waals surface area contributed by atoms with Gasteiger partial charge in [0, 0.05) is 11.1 Å². The van der Waals surface area contributed by atoms with Gasteiger partial charge in [0.15, 0.2) is 5.78 Å². The summed E-state index contributed by atoms with van der Waals surface area (Å²) in [5.74, 6) is -1.32. The smallest absolute Gasteiger partial charge is 0.339 e. The minimum atomic E-state index is -0.608. The Kier molecular flexibility index (Phi) is 5.97. The van der Waals surface area contributed by atoms with Crippen molar-refractivity contribution in [1.29, 1.82) is 0 Å². The average Bonchev–Trinajstić information content (AvgIpc) is 2.77. The molecule has 0 saturated carbocycles. The maximum Gasteiger partial charge on any atom is 0.339 e. The van der Waals surface area contributed by atoms with Gasteiger partial charge in [-0.1, -0.05) is 60.7 Å². The highest BCUT2D eigenvalue weighted by Crippen LogP contribution is 2.17. The van der Waals surface area contributed by atoms with E-state index < -0.39 is 11.9 Å². The Morgan fingerprint density at radius 1 is 0.714 bits per heavy atom. The Labute approximate surface area is 162 Å². The highest BCUT2D eigenvalue weighted by Gasteiger charge is 2.19. The van der Waals surface area contributed by atoms with Crippen LogP contribution >= 0.6 is 0 Å². The fraction of sp³-hybridized carbons (Fsp3) is 0.0870. The first-order valence-corrected chi connectivity index (χ1v) is 8.63. The molecule has 0 amide bonds. The summed E-state index contributed by atoms with van der Waals surface area (Å²) in [6.45, 7) is -0.0302. The molecule has 0 saturated heterocycles. The zero-order chi connectivity index (χ0) is 19.9. The molecule has 0 unspecified atom stereocenters. The Balaban J connectivity index is 1.77. The largest absolute Gasteiger partial charge is 0.465 e. The molecule has 5 heteroatoms. The SMILES string of the molecule is COC(=O)c1cccc(COC(=O)c2ccccc2C(=O)c2ccccc2)c1. The van der Waals surface area contributed by atoms with Crippen molar-refractivity contribution in [3.05, 3.63) is 107 Å². The highest BCUT2D eigenvalue weighted by atomic mass is 16.5. The van der Waals surface area contributed by atoms with Crippen LogP contribution in [0.4, 0.5) is 0 Å². The standard InChI is InChI=1S/C23H18O5/c1-27-22(25)18-11-7-8-16(14-18)15-28-23(26)20-13-6-5-12-19(20)21(24)17-9-3-2-4-10-17/h2-14H,15H2,1H3. The fourth-order valence-corrected chi connectivity index (χ4v) is 2.74. The molecule has 5 nitrogen and oxygen atoms in total. The molecule has 0 N–H and O–H groups in total. The summed E-state index contributed by atoms with van der Waals surface area (Å²) < 4.78 is 10.1. The second kappa shape index (κ2) is 8.77. The number of esters is 2. The maximum atomic E-state index is 12.7. The van der Waals surface area contributed by atoms with Gasteiger partial charge in [-0.05, 0) is 23.8 Å². The Morgan fingerprint density at radius 3 is 2.07 bits per heavy atom. The molecule has 3 aromatic rings. The van der Waals surface area contributed by atoms with E-state index in [0.29, 0.717) is 16.7 Å². The van der Waals surface area contributed by atoms with E-state index in [4.69, 9.17) is 4.74 Å². The number of ketones is 1. The van der Waals surface area contributed by atoms with Gasteiger partial charge in [-0.25, -0.2) is 9.59 Å². The maximum absolute atomic E-state index is 12.7. The molecule has 0 aromatic heterocycles. The molecule has 3 rings (SSSR count). The molecule has 0 fully saturated rings. The summed E-state index contributed by atoms with van der Waals surface area (Å²) in [4.78, 5) is 36.9. The van der Waals surface area contributed by atoms with Crippen LogP contribution < -0.4 is 0 Å². The lowest BCUT2D eigenvalue weighted by molar-refractivity contribution is 0.0470. The van der Waals surface area contributed by atoms with Gasteiger partial charge >= 0.3 is 11.9 Å². The second-order valence-corrected chi connectivity index (χ2v) is 6.01. The summed E-state index contributed by atoms with van der Waals surface area (Å²) in [5, 5.41) is 0. The van der Waals surface area contributed by atoms with Crippen LogP contribution in [0.5, 0.6) is 0 Å². The van der Waals surface area contributed by atoms with Crippen molar-refractivity contribution >= 4 is 17.7 Å². The van der Waals surface area contributed by atoms with Crippen molar-refractivity contribution in [2.24, 2.45) is 0 Å². The van der Waals surface area contributed by atoms with Crippen molar-refractivity contribution in [2.75, 3.05) is 7.11 Å². The molecular weight excluding hydrogens is 356 g/mol. The third kappa shape index (κ3) is 4.32. The van der Waals surface area contributed by atoms with E-state index in [-0.39, 0.29) is 23.5 Å². The number of rotatable bonds is 6.